The Balaban J connectivity index is 2.01. The summed E-state index contributed by atoms with van der Waals surface area (Å²) in [6.45, 7) is 1.25. The number of halogens is 3. The van der Waals surface area contributed by atoms with E-state index in [1.54, 1.807) is 4.90 Å². The minimum Gasteiger partial charge on any atom is -0.406 e. The lowest BCUT2D eigenvalue weighted by Gasteiger charge is -2.16. The number of hydrogen-bond acceptors (Lipinski definition) is 3. The van der Waals surface area contributed by atoms with E-state index >= 15 is 0 Å². The summed E-state index contributed by atoms with van der Waals surface area (Å²) in [6, 6.07) is 5.25. The van der Waals surface area contributed by atoms with Gasteiger partial charge in [-0.15, -0.1) is 13.2 Å². The monoisotopic (exact) mass is 288 g/mol. The number of likely N-dealkylation sites (N-methyl/N-ethyl adjacent to an activating group) is 1. The Morgan fingerprint density at radius 2 is 2.00 bits per heavy atom. The Morgan fingerprint density at radius 3 is 2.50 bits per heavy atom. The number of nitrogens with one attached hydrogen (secondary N) is 1. The number of nitrogens with zero attached hydrogens (tertiary/aromatic N) is 1. The maximum atomic E-state index is 12.1. The van der Waals surface area contributed by atoms with Crippen molar-refractivity contribution in [3.63, 3.8) is 0 Å². The van der Waals surface area contributed by atoms with Gasteiger partial charge in [0.2, 0.25) is 0 Å². The van der Waals surface area contributed by atoms with Crippen molar-refractivity contribution in [2.45, 2.75) is 18.8 Å². The lowest BCUT2D eigenvalue weighted by Crippen LogP contribution is -2.33. The SMILES string of the molecule is CNC1CCN(C(=O)c2ccc(OC(F)(F)F)cc2)C1. The van der Waals surface area contributed by atoms with Gasteiger partial charge in [-0.1, -0.05) is 0 Å². The van der Waals surface area contributed by atoms with Crippen LogP contribution in [0.4, 0.5) is 13.2 Å². The average molecular weight is 288 g/mol. The van der Waals surface area contributed by atoms with Crippen LogP contribution in [0.3, 0.4) is 0 Å². The molecule has 1 unspecified atom stereocenters. The highest BCUT2D eigenvalue weighted by Gasteiger charge is 2.31. The molecule has 7 heteroatoms. The molecule has 1 heterocycles. The molecule has 1 aromatic carbocycles. The van der Waals surface area contributed by atoms with E-state index in [-0.39, 0.29) is 17.7 Å². The zero-order valence-electron chi connectivity index (χ0n) is 10.9. The van der Waals surface area contributed by atoms with Gasteiger partial charge in [0, 0.05) is 24.7 Å². The van der Waals surface area contributed by atoms with Gasteiger partial charge in [-0.3, -0.25) is 4.79 Å². The molecule has 1 aliphatic heterocycles. The number of carbonyl (C=O) groups excluding carboxylic acids is 1. The van der Waals surface area contributed by atoms with Crippen molar-refractivity contribution >= 4 is 5.91 Å². The Morgan fingerprint density at radius 1 is 1.35 bits per heavy atom. The fraction of sp³-hybridized carbons (Fsp3) is 0.462. The van der Waals surface area contributed by atoms with Gasteiger partial charge in [-0.05, 0) is 37.7 Å². The predicted octanol–water partition coefficient (Wildman–Crippen LogP) is 2.02. The molecule has 1 aromatic rings. The molecule has 1 amide bonds. The topological polar surface area (TPSA) is 41.6 Å². The first-order valence-corrected chi connectivity index (χ1v) is 6.21. The van der Waals surface area contributed by atoms with Crippen molar-refractivity contribution in [1.29, 1.82) is 0 Å². The van der Waals surface area contributed by atoms with Gasteiger partial charge in [-0.2, -0.15) is 0 Å². The summed E-state index contributed by atoms with van der Waals surface area (Å²) in [7, 11) is 1.84. The summed E-state index contributed by atoms with van der Waals surface area (Å²) in [5.41, 5.74) is 0.358. The van der Waals surface area contributed by atoms with E-state index in [2.05, 4.69) is 10.1 Å². The van der Waals surface area contributed by atoms with Crippen molar-refractivity contribution in [2.24, 2.45) is 0 Å². The number of rotatable bonds is 3. The molecule has 0 aromatic heterocycles. The van der Waals surface area contributed by atoms with Crippen molar-refractivity contribution in [3.8, 4) is 5.75 Å². The van der Waals surface area contributed by atoms with Crippen LogP contribution in [0.25, 0.3) is 0 Å². The van der Waals surface area contributed by atoms with Crippen LogP contribution in [0.2, 0.25) is 0 Å². The second-order valence-corrected chi connectivity index (χ2v) is 4.60. The highest BCUT2D eigenvalue weighted by molar-refractivity contribution is 5.94. The minimum atomic E-state index is -4.72. The summed E-state index contributed by atoms with van der Waals surface area (Å²) < 4.78 is 39.8. The molecule has 0 aliphatic carbocycles. The predicted molar refractivity (Wildman–Crippen MR) is 66.5 cm³/mol. The minimum absolute atomic E-state index is 0.179. The van der Waals surface area contributed by atoms with Crippen LogP contribution in [0.1, 0.15) is 16.8 Å². The molecule has 20 heavy (non-hydrogen) atoms. The van der Waals surface area contributed by atoms with E-state index in [1.165, 1.54) is 12.1 Å². The Kier molecular flexibility index (Phi) is 4.17. The molecule has 4 nitrogen and oxygen atoms in total. The maximum Gasteiger partial charge on any atom is 0.573 e. The molecule has 0 saturated carbocycles. The molecule has 1 atom stereocenters. The standard InChI is InChI=1S/C13H15F3N2O2/c1-17-10-6-7-18(8-10)12(19)9-2-4-11(5-3-9)20-13(14,15)16/h2-5,10,17H,6-8H2,1H3. The highest BCUT2D eigenvalue weighted by atomic mass is 19.4. The third-order valence-corrected chi connectivity index (χ3v) is 3.22. The zero-order chi connectivity index (χ0) is 14.8. The Bertz CT molecular complexity index is 473. The number of ether oxygens (including phenoxy) is 1. The first kappa shape index (κ1) is 14.6. The van der Waals surface area contributed by atoms with Gasteiger partial charge in [0.15, 0.2) is 0 Å². The third-order valence-electron chi connectivity index (χ3n) is 3.22. The van der Waals surface area contributed by atoms with Crippen molar-refractivity contribution in [1.82, 2.24) is 10.2 Å². The van der Waals surface area contributed by atoms with Crippen LogP contribution in [-0.4, -0.2) is 43.3 Å². The summed E-state index contributed by atoms with van der Waals surface area (Å²) in [6.07, 6.45) is -3.85. The molecule has 1 saturated heterocycles. The molecule has 0 bridgehead atoms. The summed E-state index contributed by atoms with van der Waals surface area (Å²) in [5.74, 6) is -0.509. The molecular formula is C13H15F3N2O2. The molecule has 1 aliphatic rings. The number of hydrogen-bond donors (Lipinski definition) is 1. The van der Waals surface area contributed by atoms with Gasteiger partial charge in [0.1, 0.15) is 5.75 Å². The van der Waals surface area contributed by atoms with E-state index < -0.39 is 6.36 Å². The quantitative estimate of drug-likeness (QED) is 0.925. The first-order valence-electron chi connectivity index (χ1n) is 6.21. The molecule has 1 N–H and O–H groups in total. The summed E-state index contributed by atoms with van der Waals surface area (Å²) in [4.78, 5) is 13.8. The number of amides is 1. The van der Waals surface area contributed by atoms with Crippen LogP contribution in [0.5, 0.6) is 5.75 Å². The molecular weight excluding hydrogens is 273 g/mol. The lowest BCUT2D eigenvalue weighted by molar-refractivity contribution is -0.274. The zero-order valence-corrected chi connectivity index (χ0v) is 10.9. The van der Waals surface area contributed by atoms with Crippen LogP contribution in [0, 0.1) is 0 Å². The van der Waals surface area contributed by atoms with Crippen LogP contribution >= 0.6 is 0 Å². The fourth-order valence-electron chi connectivity index (χ4n) is 2.16. The van der Waals surface area contributed by atoms with E-state index in [0.717, 1.165) is 18.6 Å². The van der Waals surface area contributed by atoms with Gasteiger partial charge >= 0.3 is 6.36 Å². The van der Waals surface area contributed by atoms with E-state index in [4.69, 9.17) is 0 Å². The largest absolute Gasteiger partial charge is 0.573 e. The highest BCUT2D eigenvalue weighted by Crippen LogP contribution is 2.23. The van der Waals surface area contributed by atoms with Gasteiger partial charge in [0.05, 0.1) is 0 Å². The smallest absolute Gasteiger partial charge is 0.406 e. The van der Waals surface area contributed by atoms with E-state index in [1.807, 2.05) is 7.05 Å². The number of benzene rings is 1. The number of likely N-dealkylation sites (tertiary alicyclic amines) is 1. The Hall–Kier alpha value is -1.76. The molecule has 1 fully saturated rings. The van der Waals surface area contributed by atoms with E-state index in [9.17, 15) is 18.0 Å². The average Bonchev–Trinajstić information content (AvgIpc) is 2.85. The second kappa shape index (κ2) is 5.70. The summed E-state index contributed by atoms with van der Waals surface area (Å²) in [5, 5.41) is 3.10. The third kappa shape index (κ3) is 3.63. The van der Waals surface area contributed by atoms with Crippen LogP contribution in [-0.2, 0) is 0 Å². The molecule has 0 spiro atoms. The van der Waals surface area contributed by atoms with Crippen LogP contribution in [0.15, 0.2) is 24.3 Å². The lowest BCUT2D eigenvalue weighted by atomic mass is 10.2. The Labute approximate surface area is 114 Å². The number of alkyl halides is 3. The van der Waals surface area contributed by atoms with Crippen molar-refractivity contribution in [3.05, 3.63) is 29.8 Å². The summed E-state index contributed by atoms with van der Waals surface area (Å²) >= 11 is 0. The van der Waals surface area contributed by atoms with Crippen molar-refractivity contribution in [2.75, 3.05) is 20.1 Å². The molecule has 0 radical (unpaired) electrons. The fourth-order valence-corrected chi connectivity index (χ4v) is 2.16. The molecule has 2 rings (SSSR count). The van der Waals surface area contributed by atoms with Gasteiger partial charge in [-0.25, -0.2) is 0 Å². The van der Waals surface area contributed by atoms with Crippen molar-refractivity contribution < 1.29 is 22.7 Å². The van der Waals surface area contributed by atoms with Gasteiger partial charge in [0.25, 0.3) is 5.91 Å². The normalized spacial score (nSPS) is 19.2. The van der Waals surface area contributed by atoms with Crippen LogP contribution < -0.4 is 10.1 Å². The van der Waals surface area contributed by atoms with E-state index in [0.29, 0.717) is 18.7 Å². The first-order chi connectivity index (χ1) is 9.39. The number of carbonyl (C=O) groups is 1. The van der Waals surface area contributed by atoms with Gasteiger partial charge < -0.3 is 15.0 Å². The second-order valence-electron chi connectivity index (χ2n) is 4.60. The maximum absolute atomic E-state index is 12.1. The molecule has 110 valence electrons.